The van der Waals surface area contributed by atoms with Gasteiger partial charge in [0.1, 0.15) is 5.78 Å². The molecule has 0 aliphatic heterocycles. The Morgan fingerprint density at radius 2 is 2.44 bits per heavy atom. The molecule has 9 heavy (non-hydrogen) atoms. The van der Waals surface area contributed by atoms with E-state index in [2.05, 4.69) is 5.32 Å². The third-order valence-electron chi connectivity index (χ3n) is 1.89. The van der Waals surface area contributed by atoms with Gasteiger partial charge in [-0.3, -0.25) is 4.79 Å². The highest BCUT2D eigenvalue weighted by molar-refractivity contribution is 5.79. The van der Waals surface area contributed by atoms with Crippen molar-refractivity contribution in [2.75, 3.05) is 7.05 Å². The van der Waals surface area contributed by atoms with Gasteiger partial charge < -0.3 is 5.32 Å². The molecule has 1 saturated carbocycles. The molecule has 0 aromatic heterocycles. The van der Waals surface area contributed by atoms with Crippen LogP contribution >= 0.6 is 0 Å². The molecule has 1 aliphatic carbocycles. The van der Waals surface area contributed by atoms with Gasteiger partial charge in [0.15, 0.2) is 0 Å². The molecule has 2 heteroatoms. The molecular formula is C7H13NO. The van der Waals surface area contributed by atoms with Crippen LogP contribution < -0.4 is 5.32 Å². The summed E-state index contributed by atoms with van der Waals surface area (Å²) in [4.78, 5) is 10.8. The molecule has 0 radical (unpaired) electrons. The highest BCUT2D eigenvalue weighted by Gasteiger charge is 2.16. The second kappa shape index (κ2) is 2.97. The van der Waals surface area contributed by atoms with Crippen LogP contribution in [0.4, 0.5) is 0 Å². The fraction of sp³-hybridized carbons (Fsp3) is 0.857. The summed E-state index contributed by atoms with van der Waals surface area (Å²) < 4.78 is 0. The molecule has 1 N–H and O–H groups in total. The fourth-order valence-corrected chi connectivity index (χ4v) is 1.27. The van der Waals surface area contributed by atoms with Crippen LogP contribution in [0.3, 0.4) is 0 Å². The van der Waals surface area contributed by atoms with Crippen LogP contribution in [-0.2, 0) is 4.79 Å². The number of nitrogens with one attached hydrogen (secondary N) is 1. The van der Waals surface area contributed by atoms with Crippen molar-refractivity contribution in [2.24, 2.45) is 0 Å². The highest BCUT2D eigenvalue weighted by atomic mass is 16.1. The normalized spacial score (nSPS) is 28.6. The molecule has 52 valence electrons. The molecule has 1 atom stereocenters. The Morgan fingerprint density at radius 3 is 2.89 bits per heavy atom. The first kappa shape index (κ1) is 6.75. The highest BCUT2D eigenvalue weighted by Crippen LogP contribution is 2.13. The van der Waals surface area contributed by atoms with E-state index < -0.39 is 0 Å². The van der Waals surface area contributed by atoms with Crippen LogP contribution in [-0.4, -0.2) is 18.9 Å². The lowest BCUT2D eigenvalue weighted by Crippen LogP contribution is -2.31. The molecule has 1 unspecified atom stereocenters. The monoisotopic (exact) mass is 127 g/mol. The molecule has 2 nitrogen and oxygen atoms in total. The van der Waals surface area contributed by atoms with Crippen LogP contribution in [0.1, 0.15) is 25.7 Å². The summed E-state index contributed by atoms with van der Waals surface area (Å²) in [5.74, 6) is 0.417. The summed E-state index contributed by atoms with van der Waals surface area (Å²) in [6, 6.07) is 0.464. The molecule has 1 rings (SSSR count). The van der Waals surface area contributed by atoms with Gasteiger partial charge in [-0.1, -0.05) is 0 Å². The van der Waals surface area contributed by atoms with E-state index in [0.717, 1.165) is 19.3 Å². The van der Waals surface area contributed by atoms with Gasteiger partial charge in [0.05, 0.1) is 0 Å². The zero-order valence-corrected chi connectivity index (χ0v) is 5.81. The SMILES string of the molecule is CNC1CCCC(=O)C1. The molecule has 0 heterocycles. The van der Waals surface area contributed by atoms with E-state index in [-0.39, 0.29) is 0 Å². The van der Waals surface area contributed by atoms with Crippen LogP contribution in [0.5, 0.6) is 0 Å². The van der Waals surface area contributed by atoms with Crippen molar-refractivity contribution in [2.45, 2.75) is 31.7 Å². The van der Waals surface area contributed by atoms with Crippen molar-refractivity contribution >= 4 is 5.78 Å². The van der Waals surface area contributed by atoms with E-state index in [1.165, 1.54) is 6.42 Å². The summed E-state index contributed by atoms with van der Waals surface area (Å²) >= 11 is 0. The van der Waals surface area contributed by atoms with E-state index in [1.54, 1.807) is 0 Å². The number of Topliss-reactive ketones (excluding diaryl/α,β-unsaturated/α-hetero) is 1. The largest absolute Gasteiger partial charge is 0.317 e. The predicted octanol–water partition coefficient (Wildman–Crippen LogP) is 0.718. The van der Waals surface area contributed by atoms with Crippen molar-refractivity contribution in [1.82, 2.24) is 5.32 Å². The first-order chi connectivity index (χ1) is 4.33. The lowest BCUT2D eigenvalue weighted by molar-refractivity contribution is -0.120. The predicted molar refractivity (Wildman–Crippen MR) is 36.3 cm³/mol. The second-order valence-corrected chi connectivity index (χ2v) is 2.62. The van der Waals surface area contributed by atoms with Gasteiger partial charge in [-0.2, -0.15) is 0 Å². The van der Waals surface area contributed by atoms with Crippen molar-refractivity contribution < 1.29 is 4.79 Å². The van der Waals surface area contributed by atoms with Gasteiger partial charge in [-0.15, -0.1) is 0 Å². The molecular weight excluding hydrogens is 114 g/mol. The van der Waals surface area contributed by atoms with E-state index in [0.29, 0.717) is 11.8 Å². The molecule has 0 aromatic rings. The third-order valence-corrected chi connectivity index (χ3v) is 1.89. The number of carbonyl (C=O) groups is 1. The number of rotatable bonds is 1. The van der Waals surface area contributed by atoms with E-state index >= 15 is 0 Å². The molecule has 0 bridgehead atoms. The number of ketones is 1. The maximum Gasteiger partial charge on any atom is 0.134 e. The second-order valence-electron chi connectivity index (χ2n) is 2.62. The molecule has 0 aromatic carbocycles. The third kappa shape index (κ3) is 1.79. The van der Waals surface area contributed by atoms with Gasteiger partial charge >= 0.3 is 0 Å². The van der Waals surface area contributed by atoms with Gasteiger partial charge in [-0.05, 0) is 19.9 Å². The summed E-state index contributed by atoms with van der Waals surface area (Å²) in [6.45, 7) is 0. The fourth-order valence-electron chi connectivity index (χ4n) is 1.27. The molecule has 0 amide bonds. The van der Waals surface area contributed by atoms with Crippen molar-refractivity contribution in [3.8, 4) is 0 Å². The quantitative estimate of drug-likeness (QED) is 0.562. The number of hydrogen-bond donors (Lipinski definition) is 1. The first-order valence-corrected chi connectivity index (χ1v) is 3.52. The average molecular weight is 127 g/mol. The van der Waals surface area contributed by atoms with Crippen LogP contribution in [0.15, 0.2) is 0 Å². The Bertz CT molecular complexity index is 111. The van der Waals surface area contributed by atoms with Gasteiger partial charge in [0, 0.05) is 18.9 Å². The minimum Gasteiger partial charge on any atom is -0.317 e. The van der Waals surface area contributed by atoms with Gasteiger partial charge in [0.2, 0.25) is 0 Å². The minimum atomic E-state index is 0.417. The molecule has 0 spiro atoms. The Morgan fingerprint density at radius 1 is 1.67 bits per heavy atom. The van der Waals surface area contributed by atoms with Crippen LogP contribution in [0.25, 0.3) is 0 Å². The van der Waals surface area contributed by atoms with Gasteiger partial charge in [0.25, 0.3) is 0 Å². The Balaban J connectivity index is 2.32. The van der Waals surface area contributed by atoms with Crippen molar-refractivity contribution in [3.05, 3.63) is 0 Å². The zero-order valence-electron chi connectivity index (χ0n) is 5.81. The summed E-state index contributed by atoms with van der Waals surface area (Å²) in [7, 11) is 1.92. The Kier molecular flexibility index (Phi) is 2.22. The van der Waals surface area contributed by atoms with Gasteiger partial charge in [-0.25, -0.2) is 0 Å². The van der Waals surface area contributed by atoms with E-state index in [4.69, 9.17) is 0 Å². The molecule has 0 saturated heterocycles. The zero-order chi connectivity index (χ0) is 6.69. The first-order valence-electron chi connectivity index (χ1n) is 3.52. The molecule has 1 fully saturated rings. The summed E-state index contributed by atoms with van der Waals surface area (Å²) in [6.07, 6.45) is 3.79. The van der Waals surface area contributed by atoms with Crippen LogP contribution in [0, 0.1) is 0 Å². The van der Waals surface area contributed by atoms with Crippen molar-refractivity contribution in [1.29, 1.82) is 0 Å². The van der Waals surface area contributed by atoms with E-state index in [1.807, 2.05) is 7.05 Å². The topological polar surface area (TPSA) is 29.1 Å². The Labute approximate surface area is 55.6 Å². The average Bonchev–Trinajstić information content (AvgIpc) is 1.88. The smallest absolute Gasteiger partial charge is 0.134 e. The lowest BCUT2D eigenvalue weighted by Gasteiger charge is -2.19. The summed E-state index contributed by atoms with van der Waals surface area (Å²) in [5, 5.41) is 3.11. The standard InChI is InChI=1S/C7H13NO/c1-8-6-3-2-4-7(9)5-6/h6,8H,2-5H2,1H3. The number of carbonyl (C=O) groups excluding carboxylic acids is 1. The minimum absolute atomic E-state index is 0.417. The summed E-state index contributed by atoms with van der Waals surface area (Å²) in [5.41, 5.74) is 0. The number of hydrogen-bond acceptors (Lipinski definition) is 2. The lowest BCUT2D eigenvalue weighted by atomic mass is 9.95. The molecule has 1 aliphatic rings. The maximum atomic E-state index is 10.8. The van der Waals surface area contributed by atoms with Crippen molar-refractivity contribution in [3.63, 3.8) is 0 Å². The Hall–Kier alpha value is -0.370. The van der Waals surface area contributed by atoms with E-state index in [9.17, 15) is 4.79 Å². The van der Waals surface area contributed by atoms with Crippen LogP contribution in [0.2, 0.25) is 0 Å². The maximum absolute atomic E-state index is 10.8.